The van der Waals surface area contributed by atoms with E-state index >= 15 is 0 Å². The number of phenolic OH excluding ortho intramolecular Hbond substituents is 1. The molecular formula is C14H20O3. The summed E-state index contributed by atoms with van der Waals surface area (Å²) < 4.78 is 5.60. The summed E-state index contributed by atoms with van der Waals surface area (Å²) in [6, 6.07) is 6.64. The summed E-state index contributed by atoms with van der Waals surface area (Å²) in [5.74, 6) is 0.303. The van der Waals surface area contributed by atoms with Gasteiger partial charge in [0.2, 0.25) is 0 Å². The first-order valence-corrected chi connectivity index (χ1v) is 6.12. The van der Waals surface area contributed by atoms with E-state index in [0.29, 0.717) is 13.0 Å². The Bertz CT molecular complexity index is 343. The molecule has 0 fully saturated rings. The molecule has 1 aromatic rings. The van der Waals surface area contributed by atoms with Crippen LogP contribution in [0.3, 0.4) is 0 Å². The van der Waals surface area contributed by atoms with Crippen LogP contribution in [0.15, 0.2) is 24.3 Å². The highest BCUT2D eigenvalue weighted by Crippen LogP contribution is 2.23. The second-order valence-electron chi connectivity index (χ2n) is 4.06. The fourth-order valence-electron chi connectivity index (χ4n) is 1.64. The number of carbonyl (C=O) groups excluding carboxylic acids is 1. The van der Waals surface area contributed by atoms with Crippen molar-refractivity contribution in [2.24, 2.45) is 0 Å². The summed E-state index contributed by atoms with van der Waals surface area (Å²) >= 11 is 0. The molecule has 94 valence electrons. The van der Waals surface area contributed by atoms with E-state index in [-0.39, 0.29) is 11.5 Å². The van der Waals surface area contributed by atoms with Crippen molar-refractivity contribution in [3.05, 3.63) is 29.8 Å². The van der Waals surface area contributed by atoms with E-state index in [2.05, 4.69) is 0 Å². The van der Waals surface area contributed by atoms with Crippen LogP contribution < -0.4 is 0 Å². The Balaban J connectivity index is 2.81. The zero-order chi connectivity index (χ0) is 12.7. The molecule has 0 aromatic heterocycles. The molecule has 0 heterocycles. The third kappa shape index (κ3) is 4.19. The standard InChI is InChI=1S/C14H20O3/c1-3-5-13(16)14(17-10-4-2)11-6-8-12(15)9-7-11/h6-9,14-15H,3-5,10H2,1-2H3. The largest absolute Gasteiger partial charge is 0.508 e. The van der Waals surface area contributed by atoms with E-state index in [1.165, 1.54) is 0 Å². The number of Topliss-reactive ketones (excluding diaryl/α,β-unsaturated/α-hetero) is 1. The van der Waals surface area contributed by atoms with Crippen molar-refractivity contribution in [2.45, 2.75) is 39.2 Å². The fourth-order valence-corrected chi connectivity index (χ4v) is 1.64. The lowest BCUT2D eigenvalue weighted by Gasteiger charge is -2.16. The van der Waals surface area contributed by atoms with Gasteiger partial charge in [-0.05, 0) is 30.5 Å². The summed E-state index contributed by atoms with van der Waals surface area (Å²) in [5, 5.41) is 9.23. The first-order chi connectivity index (χ1) is 8.19. The Morgan fingerprint density at radius 3 is 2.41 bits per heavy atom. The summed E-state index contributed by atoms with van der Waals surface area (Å²) in [4.78, 5) is 11.9. The van der Waals surface area contributed by atoms with E-state index < -0.39 is 6.10 Å². The van der Waals surface area contributed by atoms with Crippen LogP contribution in [0.5, 0.6) is 5.75 Å². The Hall–Kier alpha value is -1.35. The Morgan fingerprint density at radius 2 is 1.88 bits per heavy atom. The van der Waals surface area contributed by atoms with Crippen LogP contribution in [0, 0.1) is 0 Å². The molecule has 0 aliphatic rings. The lowest BCUT2D eigenvalue weighted by molar-refractivity contribution is -0.131. The number of ketones is 1. The van der Waals surface area contributed by atoms with Crippen molar-refractivity contribution in [3.63, 3.8) is 0 Å². The third-order valence-corrected chi connectivity index (χ3v) is 2.47. The fraction of sp³-hybridized carbons (Fsp3) is 0.500. The van der Waals surface area contributed by atoms with Gasteiger partial charge in [-0.15, -0.1) is 0 Å². The number of phenols is 1. The van der Waals surface area contributed by atoms with Gasteiger partial charge in [0.1, 0.15) is 11.9 Å². The Labute approximate surface area is 102 Å². The van der Waals surface area contributed by atoms with Crippen molar-refractivity contribution in [3.8, 4) is 5.75 Å². The second kappa shape index (κ2) is 7.07. The lowest BCUT2D eigenvalue weighted by Crippen LogP contribution is -2.16. The zero-order valence-corrected chi connectivity index (χ0v) is 10.5. The van der Waals surface area contributed by atoms with Gasteiger partial charge in [0, 0.05) is 13.0 Å². The van der Waals surface area contributed by atoms with E-state index in [4.69, 9.17) is 4.74 Å². The van der Waals surface area contributed by atoms with Crippen LogP contribution in [-0.2, 0) is 9.53 Å². The molecule has 1 N–H and O–H groups in total. The molecule has 1 unspecified atom stereocenters. The Morgan fingerprint density at radius 1 is 1.24 bits per heavy atom. The van der Waals surface area contributed by atoms with E-state index in [1.807, 2.05) is 13.8 Å². The van der Waals surface area contributed by atoms with Gasteiger partial charge in [0.15, 0.2) is 5.78 Å². The molecule has 1 atom stereocenters. The molecule has 0 saturated carbocycles. The van der Waals surface area contributed by atoms with Gasteiger partial charge in [-0.2, -0.15) is 0 Å². The molecule has 1 aromatic carbocycles. The van der Waals surface area contributed by atoms with Gasteiger partial charge < -0.3 is 9.84 Å². The lowest BCUT2D eigenvalue weighted by atomic mass is 10.0. The van der Waals surface area contributed by atoms with Crippen LogP contribution >= 0.6 is 0 Å². The second-order valence-corrected chi connectivity index (χ2v) is 4.06. The highest BCUT2D eigenvalue weighted by atomic mass is 16.5. The normalized spacial score (nSPS) is 12.4. The molecule has 3 heteroatoms. The molecule has 0 bridgehead atoms. The monoisotopic (exact) mass is 236 g/mol. The van der Waals surface area contributed by atoms with Crippen LogP contribution in [0.2, 0.25) is 0 Å². The maximum Gasteiger partial charge on any atom is 0.166 e. The minimum absolute atomic E-state index is 0.103. The number of carbonyl (C=O) groups is 1. The van der Waals surface area contributed by atoms with Crippen LogP contribution in [0.25, 0.3) is 0 Å². The van der Waals surface area contributed by atoms with Crippen molar-refractivity contribution in [1.29, 1.82) is 0 Å². The SMILES string of the molecule is CCCOC(C(=O)CCC)c1ccc(O)cc1. The minimum atomic E-state index is -0.490. The molecule has 0 amide bonds. The number of aromatic hydroxyl groups is 1. The predicted octanol–water partition coefficient (Wildman–Crippen LogP) is 3.23. The summed E-state index contributed by atoms with van der Waals surface area (Å²) in [5.41, 5.74) is 0.815. The molecule has 0 aliphatic heterocycles. The molecular weight excluding hydrogens is 216 g/mol. The quantitative estimate of drug-likeness (QED) is 0.790. The van der Waals surface area contributed by atoms with Gasteiger partial charge in [-0.25, -0.2) is 0 Å². The van der Waals surface area contributed by atoms with Gasteiger partial charge >= 0.3 is 0 Å². The van der Waals surface area contributed by atoms with Crippen molar-refractivity contribution in [1.82, 2.24) is 0 Å². The summed E-state index contributed by atoms with van der Waals surface area (Å²) in [6.45, 7) is 4.56. The number of rotatable bonds is 7. The third-order valence-electron chi connectivity index (χ3n) is 2.47. The summed E-state index contributed by atoms with van der Waals surface area (Å²) in [7, 11) is 0. The van der Waals surface area contributed by atoms with Crippen LogP contribution in [0.4, 0.5) is 0 Å². The number of hydrogen-bond acceptors (Lipinski definition) is 3. The van der Waals surface area contributed by atoms with Crippen molar-refractivity contribution < 1.29 is 14.6 Å². The summed E-state index contributed by atoms with van der Waals surface area (Å²) in [6.07, 6.45) is 1.74. The van der Waals surface area contributed by atoms with E-state index in [1.54, 1.807) is 24.3 Å². The molecule has 17 heavy (non-hydrogen) atoms. The molecule has 1 rings (SSSR count). The maximum atomic E-state index is 11.9. The first-order valence-electron chi connectivity index (χ1n) is 6.12. The topological polar surface area (TPSA) is 46.5 Å². The molecule has 3 nitrogen and oxygen atoms in total. The van der Waals surface area contributed by atoms with Crippen LogP contribution in [-0.4, -0.2) is 17.5 Å². The highest BCUT2D eigenvalue weighted by molar-refractivity contribution is 5.84. The first kappa shape index (κ1) is 13.7. The van der Waals surface area contributed by atoms with Gasteiger partial charge in [0.25, 0.3) is 0 Å². The number of ether oxygens (including phenoxy) is 1. The van der Waals surface area contributed by atoms with E-state index in [9.17, 15) is 9.90 Å². The maximum absolute atomic E-state index is 11.9. The zero-order valence-electron chi connectivity index (χ0n) is 10.5. The van der Waals surface area contributed by atoms with Gasteiger partial charge in [0.05, 0.1) is 0 Å². The molecule has 0 radical (unpaired) electrons. The molecule has 0 spiro atoms. The molecule has 0 saturated heterocycles. The minimum Gasteiger partial charge on any atom is -0.508 e. The van der Waals surface area contributed by atoms with Crippen molar-refractivity contribution >= 4 is 5.78 Å². The van der Waals surface area contributed by atoms with E-state index in [0.717, 1.165) is 18.4 Å². The van der Waals surface area contributed by atoms with Gasteiger partial charge in [-0.3, -0.25) is 4.79 Å². The average molecular weight is 236 g/mol. The van der Waals surface area contributed by atoms with Crippen LogP contribution in [0.1, 0.15) is 44.8 Å². The Kier molecular flexibility index (Phi) is 5.70. The molecule has 0 aliphatic carbocycles. The predicted molar refractivity (Wildman–Crippen MR) is 67.0 cm³/mol. The average Bonchev–Trinajstić information content (AvgIpc) is 2.32. The highest BCUT2D eigenvalue weighted by Gasteiger charge is 2.19. The number of hydrogen-bond donors (Lipinski definition) is 1. The smallest absolute Gasteiger partial charge is 0.166 e. The van der Waals surface area contributed by atoms with Gasteiger partial charge in [-0.1, -0.05) is 26.0 Å². The number of benzene rings is 1. The van der Waals surface area contributed by atoms with Crippen molar-refractivity contribution in [2.75, 3.05) is 6.61 Å².